The molecule has 0 aliphatic rings. The molecule has 0 bridgehead atoms. The van der Waals surface area contributed by atoms with Crippen LogP contribution in [0.5, 0.6) is 5.75 Å². The Morgan fingerprint density at radius 2 is 1.67 bits per heavy atom. The highest BCUT2D eigenvalue weighted by molar-refractivity contribution is 5.87. The lowest BCUT2D eigenvalue weighted by Gasteiger charge is -2.29. The molecule has 2 aromatic rings. The van der Waals surface area contributed by atoms with E-state index < -0.39 is 6.04 Å². The molecule has 0 aliphatic heterocycles. The zero-order valence-electron chi connectivity index (χ0n) is 16.5. The van der Waals surface area contributed by atoms with Crippen LogP contribution in [0.1, 0.15) is 30.5 Å². The summed E-state index contributed by atoms with van der Waals surface area (Å²) in [6.45, 7) is 8.31. The third kappa shape index (κ3) is 5.58. The average molecular weight is 368 g/mol. The SMILES string of the molecule is CCNC(=O)C(C)N(Cc1ccccc1C)C(=O)COc1ccccc1C. The molecule has 5 heteroatoms. The minimum absolute atomic E-state index is 0.111. The molecule has 0 aliphatic carbocycles. The molecular formula is C22H28N2O3. The summed E-state index contributed by atoms with van der Waals surface area (Å²) in [4.78, 5) is 26.8. The number of carbonyl (C=O) groups excluding carboxylic acids is 2. The molecule has 2 aromatic carbocycles. The predicted octanol–water partition coefficient (Wildman–Crippen LogP) is 3.24. The van der Waals surface area contributed by atoms with Crippen LogP contribution in [-0.4, -0.2) is 35.9 Å². The summed E-state index contributed by atoms with van der Waals surface area (Å²) < 4.78 is 5.71. The van der Waals surface area contributed by atoms with Crippen molar-refractivity contribution in [3.8, 4) is 5.75 Å². The fourth-order valence-electron chi connectivity index (χ4n) is 2.82. The Morgan fingerprint density at radius 1 is 1.04 bits per heavy atom. The molecule has 0 saturated carbocycles. The number of ether oxygens (including phenoxy) is 1. The van der Waals surface area contributed by atoms with Crippen molar-refractivity contribution in [2.45, 2.75) is 40.3 Å². The molecule has 0 heterocycles. The number of para-hydroxylation sites is 1. The van der Waals surface area contributed by atoms with Gasteiger partial charge in [0.2, 0.25) is 5.91 Å². The first-order valence-electron chi connectivity index (χ1n) is 9.24. The summed E-state index contributed by atoms with van der Waals surface area (Å²) in [5.74, 6) is 0.280. The van der Waals surface area contributed by atoms with Crippen LogP contribution < -0.4 is 10.1 Å². The fraction of sp³-hybridized carbons (Fsp3) is 0.364. The first kappa shape index (κ1) is 20.5. The van der Waals surface area contributed by atoms with Crippen molar-refractivity contribution in [2.24, 2.45) is 0 Å². The maximum atomic E-state index is 12.9. The quantitative estimate of drug-likeness (QED) is 0.778. The second-order valence-electron chi connectivity index (χ2n) is 6.57. The van der Waals surface area contributed by atoms with Gasteiger partial charge in [0.25, 0.3) is 5.91 Å². The summed E-state index contributed by atoms with van der Waals surface area (Å²) in [5, 5.41) is 2.79. The molecule has 2 amide bonds. The van der Waals surface area contributed by atoms with Crippen molar-refractivity contribution in [1.29, 1.82) is 0 Å². The van der Waals surface area contributed by atoms with Gasteiger partial charge < -0.3 is 15.0 Å². The van der Waals surface area contributed by atoms with E-state index in [1.165, 1.54) is 0 Å². The van der Waals surface area contributed by atoms with Crippen LogP contribution in [0.2, 0.25) is 0 Å². The molecule has 1 N–H and O–H groups in total. The minimum atomic E-state index is -0.586. The molecule has 5 nitrogen and oxygen atoms in total. The standard InChI is InChI=1S/C22H28N2O3/c1-5-23-22(26)18(4)24(14-19-12-8-6-10-16(19)2)21(25)15-27-20-13-9-7-11-17(20)3/h6-13,18H,5,14-15H2,1-4H3,(H,23,26). The van der Waals surface area contributed by atoms with Crippen molar-refractivity contribution in [1.82, 2.24) is 10.2 Å². The third-order valence-corrected chi connectivity index (χ3v) is 4.56. The summed E-state index contributed by atoms with van der Waals surface area (Å²) in [6.07, 6.45) is 0. The smallest absolute Gasteiger partial charge is 0.261 e. The molecule has 0 fully saturated rings. The van der Waals surface area contributed by atoms with Gasteiger partial charge in [-0.2, -0.15) is 0 Å². The zero-order valence-corrected chi connectivity index (χ0v) is 16.5. The first-order valence-corrected chi connectivity index (χ1v) is 9.24. The van der Waals surface area contributed by atoms with Crippen LogP contribution in [0.25, 0.3) is 0 Å². The highest BCUT2D eigenvalue weighted by atomic mass is 16.5. The van der Waals surface area contributed by atoms with Gasteiger partial charge in [-0.1, -0.05) is 42.5 Å². The number of nitrogens with zero attached hydrogens (tertiary/aromatic N) is 1. The van der Waals surface area contributed by atoms with Gasteiger partial charge in [0.15, 0.2) is 6.61 Å². The number of aryl methyl sites for hydroxylation is 2. The van der Waals surface area contributed by atoms with E-state index in [4.69, 9.17) is 4.74 Å². The van der Waals surface area contributed by atoms with Crippen LogP contribution in [0.15, 0.2) is 48.5 Å². The number of hydrogen-bond acceptors (Lipinski definition) is 3. The number of benzene rings is 2. The second-order valence-corrected chi connectivity index (χ2v) is 6.57. The van der Waals surface area contributed by atoms with Crippen molar-refractivity contribution in [3.05, 3.63) is 65.2 Å². The normalized spacial score (nSPS) is 11.6. The maximum absolute atomic E-state index is 12.9. The monoisotopic (exact) mass is 368 g/mol. The predicted molar refractivity (Wildman–Crippen MR) is 107 cm³/mol. The summed E-state index contributed by atoms with van der Waals surface area (Å²) in [7, 11) is 0. The highest BCUT2D eigenvalue weighted by Gasteiger charge is 2.26. The molecule has 27 heavy (non-hydrogen) atoms. The van der Waals surface area contributed by atoms with Crippen LogP contribution in [0.3, 0.4) is 0 Å². The van der Waals surface area contributed by atoms with Gasteiger partial charge in [0, 0.05) is 13.1 Å². The molecule has 2 rings (SSSR count). The maximum Gasteiger partial charge on any atom is 0.261 e. The van der Waals surface area contributed by atoms with Crippen molar-refractivity contribution < 1.29 is 14.3 Å². The minimum Gasteiger partial charge on any atom is -0.484 e. The van der Waals surface area contributed by atoms with E-state index in [1.54, 1.807) is 11.8 Å². The van der Waals surface area contributed by atoms with Gasteiger partial charge in [0.05, 0.1) is 0 Å². The lowest BCUT2D eigenvalue weighted by atomic mass is 10.1. The summed E-state index contributed by atoms with van der Waals surface area (Å²) in [6, 6.07) is 14.8. The van der Waals surface area contributed by atoms with Crippen LogP contribution >= 0.6 is 0 Å². The number of likely N-dealkylation sites (N-methyl/N-ethyl adjacent to an activating group) is 1. The number of nitrogens with one attached hydrogen (secondary N) is 1. The fourth-order valence-corrected chi connectivity index (χ4v) is 2.82. The largest absolute Gasteiger partial charge is 0.484 e. The molecule has 144 valence electrons. The first-order chi connectivity index (χ1) is 12.9. The number of amides is 2. The molecule has 1 atom stereocenters. The average Bonchev–Trinajstić information content (AvgIpc) is 2.66. The zero-order chi connectivity index (χ0) is 19.8. The molecule has 0 saturated heterocycles. The van der Waals surface area contributed by atoms with E-state index in [1.807, 2.05) is 69.3 Å². The van der Waals surface area contributed by atoms with Crippen LogP contribution in [0.4, 0.5) is 0 Å². The van der Waals surface area contributed by atoms with E-state index in [0.29, 0.717) is 18.8 Å². The van der Waals surface area contributed by atoms with E-state index in [2.05, 4.69) is 5.32 Å². The summed E-state index contributed by atoms with van der Waals surface area (Å²) >= 11 is 0. The van der Waals surface area contributed by atoms with Crippen molar-refractivity contribution >= 4 is 11.8 Å². The van der Waals surface area contributed by atoms with Gasteiger partial charge in [-0.3, -0.25) is 9.59 Å². The van der Waals surface area contributed by atoms with Gasteiger partial charge in [0.1, 0.15) is 11.8 Å². The Bertz CT molecular complexity index is 789. The van der Waals surface area contributed by atoms with Gasteiger partial charge in [-0.15, -0.1) is 0 Å². The second kappa shape index (κ2) is 9.76. The van der Waals surface area contributed by atoms with Gasteiger partial charge in [-0.25, -0.2) is 0 Å². The van der Waals surface area contributed by atoms with E-state index in [-0.39, 0.29) is 18.4 Å². The lowest BCUT2D eigenvalue weighted by Crippen LogP contribution is -2.49. The molecule has 0 aromatic heterocycles. The Hall–Kier alpha value is -2.82. The van der Waals surface area contributed by atoms with Gasteiger partial charge in [-0.05, 0) is 50.5 Å². The molecule has 0 radical (unpaired) electrons. The van der Waals surface area contributed by atoms with E-state index in [9.17, 15) is 9.59 Å². The Kier molecular flexibility index (Phi) is 7.41. The highest BCUT2D eigenvalue weighted by Crippen LogP contribution is 2.17. The van der Waals surface area contributed by atoms with E-state index in [0.717, 1.165) is 16.7 Å². The molecule has 1 unspecified atom stereocenters. The van der Waals surface area contributed by atoms with Crippen LogP contribution in [-0.2, 0) is 16.1 Å². The van der Waals surface area contributed by atoms with Crippen LogP contribution in [0, 0.1) is 13.8 Å². The lowest BCUT2D eigenvalue weighted by molar-refractivity contribution is -0.142. The molecule has 0 spiro atoms. The summed E-state index contributed by atoms with van der Waals surface area (Å²) in [5.41, 5.74) is 3.06. The van der Waals surface area contributed by atoms with Crippen molar-refractivity contribution in [3.63, 3.8) is 0 Å². The topological polar surface area (TPSA) is 58.6 Å². The van der Waals surface area contributed by atoms with E-state index >= 15 is 0 Å². The number of carbonyl (C=O) groups is 2. The number of hydrogen-bond donors (Lipinski definition) is 1. The number of rotatable bonds is 8. The Morgan fingerprint density at radius 3 is 2.30 bits per heavy atom. The van der Waals surface area contributed by atoms with Crippen molar-refractivity contribution in [2.75, 3.05) is 13.2 Å². The Balaban J connectivity index is 2.17. The molecular weight excluding hydrogens is 340 g/mol. The Labute approximate surface area is 161 Å². The third-order valence-electron chi connectivity index (χ3n) is 4.56. The van der Waals surface area contributed by atoms with Gasteiger partial charge >= 0.3 is 0 Å².